The standard InChI is InChI=1S/C15H19N3O/c1-3-18-14(16)13(17-15(18)10-8-9-10)11-6-4-5-7-12(11)19-2/h4-7,10H,3,8-9,16H2,1-2H3. The van der Waals surface area contributed by atoms with Crippen molar-refractivity contribution in [2.45, 2.75) is 32.2 Å². The van der Waals surface area contributed by atoms with Gasteiger partial charge in [0.05, 0.1) is 7.11 Å². The van der Waals surface area contributed by atoms with Crippen LogP contribution in [0, 0.1) is 0 Å². The number of aromatic nitrogens is 2. The van der Waals surface area contributed by atoms with Gasteiger partial charge < -0.3 is 15.0 Å². The van der Waals surface area contributed by atoms with E-state index in [1.165, 1.54) is 12.8 Å². The number of ether oxygens (including phenoxy) is 1. The van der Waals surface area contributed by atoms with E-state index in [1.807, 2.05) is 24.3 Å². The van der Waals surface area contributed by atoms with E-state index in [-0.39, 0.29) is 0 Å². The van der Waals surface area contributed by atoms with Crippen LogP contribution in [0.3, 0.4) is 0 Å². The van der Waals surface area contributed by atoms with Crippen molar-refractivity contribution in [1.29, 1.82) is 0 Å². The fourth-order valence-electron chi connectivity index (χ4n) is 2.51. The average Bonchev–Trinajstić information content (AvgIpc) is 3.23. The first kappa shape index (κ1) is 12.1. The minimum atomic E-state index is 0.589. The van der Waals surface area contributed by atoms with Crippen molar-refractivity contribution in [2.24, 2.45) is 0 Å². The second kappa shape index (κ2) is 4.61. The zero-order valence-electron chi connectivity index (χ0n) is 11.4. The molecular weight excluding hydrogens is 238 g/mol. The maximum atomic E-state index is 6.28. The quantitative estimate of drug-likeness (QED) is 0.916. The highest BCUT2D eigenvalue weighted by atomic mass is 16.5. The first-order valence-corrected chi connectivity index (χ1v) is 6.75. The molecule has 0 unspecified atom stereocenters. The van der Waals surface area contributed by atoms with Crippen LogP contribution in [0.15, 0.2) is 24.3 Å². The average molecular weight is 257 g/mol. The number of nitrogens with two attached hydrogens (primary N) is 1. The fraction of sp³-hybridized carbons (Fsp3) is 0.400. The largest absolute Gasteiger partial charge is 0.496 e. The van der Waals surface area contributed by atoms with Gasteiger partial charge in [-0.3, -0.25) is 0 Å². The highest BCUT2D eigenvalue weighted by molar-refractivity contribution is 5.76. The summed E-state index contributed by atoms with van der Waals surface area (Å²) in [6, 6.07) is 7.89. The molecule has 2 N–H and O–H groups in total. The molecule has 100 valence electrons. The number of hydrogen-bond acceptors (Lipinski definition) is 3. The van der Waals surface area contributed by atoms with Crippen LogP contribution in [0.2, 0.25) is 0 Å². The molecule has 4 heteroatoms. The monoisotopic (exact) mass is 257 g/mol. The molecule has 0 radical (unpaired) electrons. The second-order valence-electron chi connectivity index (χ2n) is 4.92. The molecule has 3 rings (SSSR count). The summed E-state index contributed by atoms with van der Waals surface area (Å²) in [5, 5.41) is 0. The zero-order chi connectivity index (χ0) is 13.4. The minimum Gasteiger partial charge on any atom is -0.496 e. The van der Waals surface area contributed by atoms with Gasteiger partial charge in [0, 0.05) is 18.0 Å². The number of imidazole rings is 1. The van der Waals surface area contributed by atoms with Crippen LogP contribution in [0.4, 0.5) is 5.82 Å². The van der Waals surface area contributed by atoms with Crippen LogP contribution in [0.1, 0.15) is 31.5 Å². The molecular formula is C15H19N3O. The molecule has 1 aliphatic carbocycles. The third-order valence-corrected chi connectivity index (χ3v) is 3.66. The molecule has 0 aliphatic heterocycles. The Bertz CT molecular complexity index is 599. The summed E-state index contributed by atoms with van der Waals surface area (Å²) in [7, 11) is 1.67. The first-order chi connectivity index (χ1) is 9.26. The Morgan fingerprint density at radius 2 is 2.11 bits per heavy atom. The molecule has 19 heavy (non-hydrogen) atoms. The Kier molecular flexibility index (Phi) is 2.93. The molecule has 0 amide bonds. The van der Waals surface area contributed by atoms with E-state index >= 15 is 0 Å². The highest BCUT2D eigenvalue weighted by Gasteiger charge is 2.31. The second-order valence-corrected chi connectivity index (χ2v) is 4.92. The summed E-state index contributed by atoms with van der Waals surface area (Å²) in [4.78, 5) is 4.78. The van der Waals surface area contributed by atoms with Crippen molar-refractivity contribution in [1.82, 2.24) is 9.55 Å². The molecule has 1 aliphatic rings. The molecule has 0 saturated heterocycles. The predicted octanol–water partition coefficient (Wildman–Crippen LogP) is 3.04. The van der Waals surface area contributed by atoms with Crippen LogP contribution < -0.4 is 10.5 Å². The normalized spacial score (nSPS) is 14.6. The lowest BCUT2D eigenvalue weighted by Gasteiger charge is -2.07. The number of nitrogens with zero attached hydrogens (tertiary/aromatic N) is 2. The van der Waals surface area contributed by atoms with Crippen molar-refractivity contribution in [3.8, 4) is 17.0 Å². The fourth-order valence-corrected chi connectivity index (χ4v) is 2.51. The molecule has 0 bridgehead atoms. The van der Waals surface area contributed by atoms with Crippen molar-refractivity contribution in [3.63, 3.8) is 0 Å². The zero-order valence-corrected chi connectivity index (χ0v) is 11.4. The molecule has 1 aromatic carbocycles. The van der Waals surface area contributed by atoms with Crippen LogP contribution in [-0.2, 0) is 6.54 Å². The summed E-state index contributed by atoms with van der Waals surface area (Å²) in [5.41, 5.74) is 8.10. The maximum Gasteiger partial charge on any atom is 0.131 e. The van der Waals surface area contributed by atoms with Crippen LogP contribution in [0.5, 0.6) is 5.75 Å². The lowest BCUT2D eigenvalue weighted by Crippen LogP contribution is -2.04. The van der Waals surface area contributed by atoms with E-state index in [2.05, 4.69) is 11.5 Å². The van der Waals surface area contributed by atoms with E-state index in [9.17, 15) is 0 Å². The number of methoxy groups -OCH3 is 1. The lowest BCUT2D eigenvalue weighted by molar-refractivity contribution is 0.416. The van der Waals surface area contributed by atoms with Gasteiger partial charge in [-0.25, -0.2) is 4.98 Å². The van der Waals surface area contributed by atoms with E-state index in [0.717, 1.165) is 35.2 Å². The highest BCUT2D eigenvalue weighted by Crippen LogP contribution is 2.43. The summed E-state index contributed by atoms with van der Waals surface area (Å²) >= 11 is 0. The summed E-state index contributed by atoms with van der Waals surface area (Å²) < 4.78 is 7.53. The van der Waals surface area contributed by atoms with E-state index < -0.39 is 0 Å². The van der Waals surface area contributed by atoms with E-state index in [1.54, 1.807) is 7.11 Å². The van der Waals surface area contributed by atoms with Gasteiger partial charge in [-0.05, 0) is 31.9 Å². The van der Waals surface area contributed by atoms with Gasteiger partial charge in [-0.2, -0.15) is 0 Å². The number of anilines is 1. The molecule has 4 nitrogen and oxygen atoms in total. The Labute approximate surface area is 113 Å². The van der Waals surface area contributed by atoms with Crippen LogP contribution in [-0.4, -0.2) is 16.7 Å². The van der Waals surface area contributed by atoms with Gasteiger partial charge in [-0.15, -0.1) is 0 Å². The minimum absolute atomic E-state index is 0.589. The van der Waals surface area contributed by atoms with Gasteiger partial charge in [0.25, 0.3) is 0 Å². The van der Waals surface area contributed by atoms with Gasteiger partial charge in [0.2, 0.25) is 0 Å². The molecule has 1 heterocycles. The Balaban J connectivity index is 2.14. The number of benzene rings is 1. The number of hydrogen-bond donors (Lipinski definition) is 1. The lowest BCUT2D eigenvalue weighted by atomic mass is 10.1. The van der Waals surface area contributed by atoms with Crippen LogP contribution in [0.25, 0.3) is 11.3 Å². The van der Waals surface area contributed by atoms with E-state index in [4.69, 9.17) is 15.5 Å². The van der Waals surface area contributed by atoms with Crippen molar-refractivity contribution >= 4 is 5.82 Å². The third-order valence-electron chi connectivity index (χ3n) is 3.66. The third kappa shape index (κ3) is 1.97. The summed E-state index contributed by atoms with van der Waals surface area (Å²) in [6.07, 6.45) is 2.45. The smallest absolute Gasteiger partial charge is 0.131 e. The molecule has 1 fully saturated rings. The van der Waals surface area contributed by atoms with E-state index in [0.29, 0.717) is 5.92 Å². The van der Waals surface area contributed by atoms with Gasteiger partial charge in [0.1, 0.15) is 23.1 Å². The summed E-state index contributed by atoms with van der Waals surface area (Å²) in [6.45, 7) is 2.97. The SMILES string of the molecule is CCn1c(C2CC2)nc(-c2ccccc2OC)c1N. The van der Waals surface area contributed by atoms with Crippen molar-refractivity contribution < 1.29 is 4.74 Å². The summed E-state index contributed by atoms with van der Waals surface area (Å²) in [5.74, 6) is 3.28. The van der Waals surface area contributed by atoms with Crippen molar-refractivity contribution in [2.75, 3.05) is 12.8 Å². The molecule has 2 aromatic rings. The van der Waals surface area contributed by atoms with Crippen molar-refractivity contribution in [3.05, 3.63) is 30.1 Å². The Morgan fingerprint density at radius 3 is 2.74 bits per heavy atom. The Hall–Kier alpha value is -1.97. The molecule has 0 spiro atoms. The predicted molar refractivity (Wildman–Crippen MR) is 76.3 cm³/mol. The number of rotatable bonds is 4. The topological polar surface area (TPSA) is 53.1 Å². The molecule has 1 aromatic heterocycles. The number of nitrogen functional groups attached to an aromatic ring is 1. The molecule has 0 atom stereocenters. The van der Waals surface area contributed by atoms with Gasteiger partial charge in [0.15, 0.2) is 0 Å². The maximum absolute atomic E-state index is 6.28. The first-order valence-electron chi connectivity index (χ1n) is 6.75. The van der Waals surface area contributed by atoms with Crippen LogP contribution >= 0.6 is 0 Å². The van der Waals surface area contributed by atoms with Gasteiger partial charge in [-0.1, -0.05) is 12.1 Å². The number of para-hydroxylation sites is 1. The molecule has 1 saturated carbocycles. The Morgan fingerprint density at radius 1 is 1.37 bits per heavy atom. The van der Waals surface area contributed by atoms with Gasteiger partial charge >= 0.3 is 0 Å².